The van der Waals surface area contributed by atoms with Crippen molar-refractivity contribution in [2.45, 2.75) is 77.3 Å². The second-order valence-corrected chi connectivity index (χ2v) is 8.52. The van der Waals surface area contributed by atoms with Gasteiger partial charge in [-0.2, -0.15) is 0 Å². The van der Waals surface area contributed by atoms with Gasteiger partial charge in [-0.15, -0.1) is 12.4 Å². The quantitative estimate of drug-likeness (QED) is 0.769. The normalized spacial score (nSPS) is 33.8. The van der Waals surface area contributed by atoms with Crippen molar-refractivity contribution in [1.82, 2.24) is 10.6 Å². The third kappa shape index (κ3) is 5.07. The third-order valence-corrected chi connectivity index (χ3v) is 6.28. The molecular formula is C19H37ClN2O. The Balaban J connectivity index is 0.00000192. The lowest BCUT2D eigenvalue weighted by molar-refractivity contribution is 0.0513. The van der Waals surface area contributed by atoms with Gasteiger partial charge in [0, 0.05) is 25.2 Å². The molecule has 136 valence electrons. The van der Waals surface area contributed by atoms with Crippen LogP contribution >= 0.6 is 12.4 Å². The summed E-state index contributed by atoms with van der Waals surface area (Å²) in [6.45, 7) is 8.87. The molecule has 0 aromatic rings. The fourth-order valence-corrected chi connectivity index (χ4v) is 5.38. The van der Waals surface area contributed by atoms with E-state index in [9.17, 15) is 0 Å². The van der Waals surface area contributed by atoms with Crippen LogP contribution in [0.5, 0.6) is 0 Å². The molecule has 3 nitrogen and oxygen atoms in total. The summed E-state index contributed by atoms with van der Waals surface area (Å²) in [7, 11) is 0. The summed E-state index contributed by atoms with van der Waals surface area (Å²) in [6, 6.07) is 1.29. The summed E-state index contributed by atoms with van der Waals surface area (Å²) in [5.74, 6) is 1.60. The van der Waals surface area contributed by atoms with Crippen LogP contribution in [0.3, 0.4) is 0 Å². The Morgan fingerprint density at radius 3 is 2.61 bits per heavy atom. The van der Waals surface area contributed by atoms with Crippen molar-refractivity contribution in [1.29, 1.82) is 0 Å². The van der Waals surface area contributed by atoms with E-state index in [2.05, 4.69) is 24.5 Å². The second kappa shape index (κ2) is 9.03. The van der Waals surface area contributed by atoms with Gasteiger partial charge < -0.3 is 15.4 Å². The fraction of sp³-hybridized carbons (Fsp3) is 1.00. The van der Waals surface area contributed by atoms with E-state index in [0.717, 1.165) is 31.6 Å². The Bertz CT molecular complexity index is 338. The number of rotatable bonds is 6. The standard InChI is InChI=1S/C19H36N2O.ClH/c1-15(2)12-19(8-3-4-9-19)14-21-17-7-5-6-16(17)18-13-22-11-10-20-18;/h15-18,20-21H,3-14H2,1-2H3;1H. The van der Waals surface area contributed by atoms with Gasteiger partial charge in [0.25, 0.3) is 0 Å². The van der Waals surface area contributed by atoms with Crippen molar-refractivity contribution >= 4 is 12.4 Å². The van der Waals surface area contributed by atoms with Crippen LogP contribution in [0.25, 0.3) is 0 Å². The molecule has 3 fully saturated rings. The Labute approximate surface area is 149 Å². The SMILES string of the molecule is CC(C)CC1(CNC2CCCC2C2COCCN2)CCCC1.Cl. The summed E-state index contributed by atoms with van der Waals surface area (Å²) >= 11 is 0. The number of nitrogens with one attached hydrogen (secondary N) is 2. The highest BCUT2D eigenvalue weighted by Crippen LogP contribution is 2.43. The van der Waals surface area contributed by atoms with Gasteiger partial charge in [-0.3, -0.25) is 0 Å². The van der Waals surface area contributed by atoms with Crippen LogP contribution in [0.4, 0.5) is 0 Å². The molecule has 2 aliphatic carbocycles. The van der Waals surface area contributed by atoms with E-state index in [0.29, 0.717) is 17.5 Å². The zero-order chi connectivity index (χ0) is 15.4. The maximum absolute atomic E-state index is 5.70. The molecule has 23 heavy (non-hydrogen) atoms. The summed E-state index contributed by atoms with van der Waals surface area (Å²) in [4.78, 5) is 0. The maximum Gasteiger partial charge on any atom is 0.0623 e. The lowest BCUT2D eigenvalue weighted by Crippen LogP contribution is -2.52. The summed E-state index contributed by atoms with van der Waals surface area (Å²) < 4.78 is 5.70. The van der Waals surface area contributed by atoms with Gasteiger partial charge in [0.2, 0.25) is 0 Å². The molecule has 2 saturated carbocycles. The second-order valence-electron chi connectivity index (χ2n) is 8.52. The largest absolute Gasteiger partial charge is 0.379 e. The first kappa shape index (κ1) is 19.5. The highest BCUT2D eigenvalue weighted by molar-refractivity contribution is 5.85. The van der Waals surface area contributed by atoms with Crippen LogP contribution in [0.15, 0.2) is 0 Å². The molecule has 4 heteroatoms. The lowest BCUT2D eigenvalue weighted by atomic mass is 9.78. The van der Waals surface area contributed by atoms with Crippen molar-refractivity contribution in [2.24, 2.45) is 17.3 Å². The zero-order valence-corrected chi connectivity index (χ0v) is 15.9. The third-order valence-electron chi connectivity index (χ3n) is 6.28. The summed E-state index contributed by atoms with van der Waals surface area (Å²) in [5, 5.41) is 7.72. The first-order valence-electron chi connectivity index (χ1n) is 9.73. The first-order chi connectivity index (χ1) is 10.7. The highest BCUT2D eigenvalue weighted by Gasteiger charge is 2.38. The average molecular weight is 345 g/mol. The van der Waals surface area contributed by atoms with Gasteiger partial charge in [-0.25, -0.2) is 0 Å². The molecule has 3 atom stereocenters. The van der Waals surface area contributed by atoms with E-state index in [4.69, 9.17) is 4.74 Å². The fourth-order valence-electron chi connectivity index (χ4n) is 5.38. The Morgan fingerprint density at radius 2 is 1.96 bits per heavy atom. The topological polar surface area (TPSA) is 33.3 Å². The molecule has 3 aliphatic rings. The Morgan fingerprint density at radius 1 is 1.17 bits per heavy atom. The van der Waals surface area contributed by atoms with Crippen LogP contribution in [-0.2, 0) is 4.74 Å². The molecular weight excluding hydrogens is 308 g/mol. The van der Waals surface area contributed by atoms with Crippen LogP contribution < -0.4 is 10.6 Å². The highest BCUT2D eigenvalue weighted by atomic mass is 35.5. The average Bonchev–Trinajstić information content (AvgIpc) is 3.15. The minimum absolute atomic E-state index is 0. The van der Waals surface area contributed by atoms with Crippen LogP contribution in [-0.4, -0.2) is 38.4 Å². The molecule has 0 radical (unpaired) electrons. The molecule has 1 heterocycles. The molecule has 3 rings (SSSR count). The maximum atomic E-state index is 5.70. The van der Waals surface area contributed by atoms with Gasteiger partial charge in [0.15, 0.2) is 0 Å². The minimum atomic E-state index is 0. The monoisotopic (exact) mass is 344 g/mol. The van der Waals surface area contributed by atoms with Gasteiger partial charge in [-0.1, -0.05) is 33.1 Å². The van der Waals surface area contributed by atoms with Crippen LogP contribution in [0, 0.1) is 17.3 Å². The van der Waals surface area contributed by atoms with E-state index in [-0.39, 0.29) is 12.4 Å². The molecule has 0 spiro atoms. The van der Waals surface area contributed by atoms with Gasteiger partial charge >= 0.3 is 0 Å². The molecule has 0 aromatic carbocycles. The lowest BCUT2D eigenvalue weighted by Gasteiger charge is -2.36. The molecule has 0 aromatic heterocycles. The molecule has 3 unspecified atom stereocenters. The van der Waals surface area contributed by atoms with Gasteiger partial charge in [0.1, 0.15) is 0 Å². The molecule has 0 bridgehead atoms. The minimum Gasteiger partial charge on any atom is -0.379 e. The van der Waals surface area contributed by atoms with Crippen molar-refractivity contribution in [2.75, 3.05) is 26.3 Å². The number of hydrogen-bond acceptors (Lipinski definition) is 3. The summed E-state index contributed by atoms with van der Waals surface area (Å²) in [5.41, 5.74) is 0.595. The van der Waals surface area contributed by atoms with Crippen LogP contribution in [0.1, 0.15) is 65.2 Å². The molecule has 1 saturated heterocycles. The number of hydrogen-bond donors (Lipinski definition) is 2. The van der Waals surface area contributed by atoms with Crippen molar-refractivity contribution < 1.29 is 4.74 Å². The van der Waals surface area contributed by atoms with Gasteiger partial charge in [-0.05, 0) is 49.4 Å². The number of morpholine rings is 1. The van der Waals surface area contributed by atoms with Crippen molar-refractivity contribution in [3.63, 3.8) is 0 Å². The van der Waals surface area contributed by atoms with E-state index in [1.54, 1.807) is 0 Å². The van der Waals surface area contributed by atoms with Crippen LogP contribution in [0.2, 0.25) is 0 Å². The van der Waals surface area contributed by atoms with Crippen molar-refractivity contribution in [3.8, 4) is 0 Å². The number of ether oxygens (including phenoxy) is 1. The number of halogens is 1. The van der Waals surface area contributed by atoms with E-state index < -0.39 is 0 Å². The van der Waals surface area contributed by atoms with Gasteiger partial charge in [0.05, 0.1) is 13.2 Å². The van der Waals surface area contributed by atoms with E-state index in [1.807, 2.05) is 0 Å². The smallest absolute Gasteiger partial charge is 0.0623 e. The zero-order valence-electron chi connectivity index (χ0n) is 15.1. The Kier molecular flexibility index (Phi) is 7.65. The molecule has 2 N–H and O–H groups in total. The summed E-state index contributed by atoms with van der Waals surface area (Å²) in [6.07, 6.45) is 11.3. The van der Waals surface area contributed by atoms with E-state index >= 15 is 0 Å². The van der Waals surface area contributed by atoms with E-state index in [1.165, 1.54) is 57.9 Å². The molecule has 1 aliphatic heterocycles. The molecule has 0 amide bonds. The first-order valence-corrected chi connectivity index (χ1v) is 9.73. The van der Waals surface area contributed by atoms with Crippen molar-refractivity contribution in [3.05, 3.63) is 0 Å². The Hall–Kier alpha value is 0.170. The predicted molar refractivity (Wildman–Crippen MR) is 99.3 cm³/mol. The predicted octanol–water partition coefficient (Wildman–Crippen LogP) is 3.76.